The Morgan fingerprint density at radius 1 is 1.50 bits per heavy atom. The first-order valence-electron chi connectivity index (χ1n) is 5.51. The van der Waals surface area contributed by atoms with Crippen molar-refractivity contribution in [3.63, 3.8) is 0 Å². The van der Waals surface area contributed by atoms with Crippen LogP contribution in [0.2, 0.25) is 0 Å². The van der Waals surface area contributed by atoms with E-state index in [1.54, 1.807) is 23.1 Å². The highest BCUT2D eigenvalue weighted by molar-refractivity contribution is 5.69. The van der Waals surface area contributed by atoms with Crippen molar-refractivity contribution in [2.75, 3.05) is 12.8 Å². The molecule has 1 heterocycles. The summed E-state index contributed by atoms with van der Waals surface area (Å²) in [5.74, 6) is 0.322. The number of anilines is 1. The van der Waals surface area contributed by atoms with Crippen LogP contribution in [0, 0.1) is 0 Å². The number of esters is 1. The van der Waals surface area contributed by atoms with Gasteiger partial charge in [0.15, 0.2) is 5.82 Å². The van der Waals surface area contributed by atoms with Crippen molar-refractivity contribution < 1.29 is 9.53 Å². The zero-order chi connectivity index (χ0) is 13.0. The summed E-state index contributed by atoms with van der Waals surface area (Å²) in [7, 11) is 1.36. The predicted octanol–water partition coefficient (Wildman–Crippen LogP) is 1.09. The molecule has 0 aliphatic heterocycles. The molecule has 2 rings (SSSR count). The van der Waals surface area contributed by atoms with Crippen molar-refractivity contribution in [2.45, 2.75) is 13.0 Å². The van der Waals surface area contributed by atoms with Gasteiger partial charge in [0, 0.05) is 11.3 Å². The van der Waals surface area contributed by atoms with Gasteiger partial charge in [-0.15, -0.1) is 0 Å². The molecule has 0 aliphatic rings. The molecular formula is C12H14N4O2. The molecular weight excluding hydrogens is 232 g/mol. The molecule has 1 aromatic heterocycles. The summed E-state index contributed by atoms with van der Waals surface area (Å²) in [5, 5.41) is 4.27. The first kappa shape index (κ1) is 12.1. The Labute approximate surface area is 104 Å². The van der Waals surface area contributed by atoms with Crippen molar-refractivity contribution in [2.24, 2.45) is 0 Å². The molecule has 2 N–H and O–H groups in total. The smallest absolute Gasteiger partial charge is 0.307 e. The van der Waals surface area contributed by atoms with Gasteiger partial charge in [-0.3, -0.25) is 9.48 Å². The maximum absolute atomic E-state index is 11.0. The molecule has 18 heavy (non-hydrogen) atoms. The molecule has 0 fully saturated rings. The number of benzene rings is 1. The lowest BCUT2D eigenvalue weighted by atomic mass is 10.2. The lowest BCUT2D eigenvalue weighted by molar-refractivity contribution is -0.140. The molecule has 1 aromatic carbocycles. The fourth-order valence-electron chi connectivity index (χ4n) is 1.52. The van der Waals surface area contributed by atoms with Gasteiger partial charge in [-0.05, 0) is 12.1 Å². The number of methoxy groups -OCH3 is 1. The van der Waals surface area contributed by atoms with E-state index in [0.29, 0.717) is 18.1 Å². The Balaban J connectivity index is 2.08. The number of aromatic nitrogens is 3. The normalized spacial score (nSPS) is 10.3. The minimum absolute atomic E-state index is 0.268. The monoisotopic (exact) mass is 246 g/mol. The maximum Gasteiger partial charge on any atom is 0.307 e. The van der Waals surface area contributed by atoms with E-state index in [1.807, 2.05) is 12.1 Å². The lowest BCUT2D eigenvalue weighted by Gasteiger charge is -1.99. The highest BCUT2D eigenvalue weighted by atomic mass is 16.5. The number of nitrogens with two attached hydrogens (primary N) is 1. The highest BCUT2D eigenvalue weighted by Crippen LogP contribution is 2.16. The summed E-state index contributed by atoms with van der Waals surface area (Å²) in [6.07, 6.45) is 1.86. The third-order valence-electron chi connectivity index (χ3n) is 2.45. The van der Waals surface area contributed by atoms with Gasteiger partial charge in [-0.1, -0.05) is 12.1 Å². The number of carbonyl (C=O) groups is 1. The third-order valence-corrected chi connectivity index (χ3v) is 2.45. The number of nitrogen functional groups attached to an aromatic ring is 1. The second-order valence-corrected chi connectivity index (χ2v) is 3.78. The van der Waals surface area contributed by atoms with Gasteiger partial charge in [0.25, 0.3) is 0 Å². The van der Waals surface area contributed by atoms with Crippen LogP contribution in [0.4, 0.5) is 5.69 Å². The Hall–Kier alpha value is -2.37. The van der Waals surface area contributed by atoms with Crippen LogP contribution in [-0.2, 0) is 16.1 Å². The zero-order valence-corrected chi connectivity index (χ0v) is 10.0. The SMILES string of the molecule is COC(=O)CCn1cnc(-c2cccc(N)c2)n1. The van der Waals surface area contributed by atoms with E-state index in [2.05, 4.69) is 14.8 Å². The van der Waals surface area contributed by atoms with Gasteiger partial charge < -0.3 is 10.5 Å². The quantitative estimate of drug-likeness (QED) is 0.645. The molecule has 0 atom stereocenters. The van der Waals surface area contributed by atoms with Crippen molar-refractivity contribution >= 4 is 11.7 Å². The third kappa shape index (κ3) is 2.85. The first-order valence-corrected chi connectivity index (χ1v) is 5.51. The number of aryl methyl sites for hydroxylation is 1. The number of hydrogen-bond donors (Lipinski definition) is 1. The van der Waals surface area contributed by atoms with Gasteiger partial charge >= 0.3 is 5.97 Å². The van der Waals surface area contributed by atoms with Crippen molar-refractivity contribution in [1.82, 2.24) is 14.8 Å². The lowest BCUT2D eigenvalue weighted by Crippen LogP contribution is -2.07. The maximum atomic E-state index is 11.0. The fourth-order valence-corrected chi connectivity index (χ4v) is 1.52. The summed E-state index contributed by atoms with van der Waals surface area (Å²) >= 11 is 0. The second kappa shape index (κ2) is 5.31. The molecule has 94 valence electrons. The molecule has 0 amide bonds. The summed E-state index contributed by atoms with van der Waals surface area (Å²) in [6.45, 7) is 0.446. The minimum atomic E-state index is -0.268. The van der Waals surface area contributed by atoms with Gasteiger partial charge in [0.2, 0.25) is 0 Å². The molecule has 0 bridgehead atoms. The zero-order valence-electron chi connectivity index (χ0n) is 10.0. The van der Waals surface area contributed by atoms with Crippen LogP contribution in [-0.4, -0.2) is 27.8 Å². The standard InChI is InChI=1S/C12H14N4O2/c1-18-11(17)5-6-16-8-14-12(15-16)9-3-2-4-10(13)7-9/h2-4,7-8H,5-6,13H2,1H3. The van der Waals surface area contributed by atoms with Crippen molar-refractivity contribution in [1.29, 1.82) is 0 Å². The Morgan fingerprint density at radius 3 is 3.06 bits per heavy atom. The number of hydrogen-bond acceptors (Lipinski definition) is 5. The van der Waals surface area contributed by atoms with Crippen LogP contribution in [0.25, 0.3) is 11.4 Å². The van der Waals surface area contributed by atoms with Crippen molar-refractivity contribution in [3.05, 3.63) is 30.6 Å². The van der Waals surface area contributed by atoms with E-state index in [4.69, 9.17) is 5.73 Å². The van der Waals surface area contributed by atoms with Crippen LogP contribution in [0.3, 0.4) is 0 Å². The highest BCUT2D eigenvalue weighted by Gasteiger charge is 2.06. The van der Waals surface area contributed by atoms with E-state index in [0.717, 1.165) is 5.56 Å². The topological polar surface area (TPSA) is 83.0 Å². The van der Waals surface area contributed by atoms with E-state index in [9.17, 15) is 4.79 Å². The summed E-state index contributed by atoms with van der Waals surface area (Å²) in [4.78, 5) is 15.2. The molecule has 0 radical (unpaired) electrons. The molecule has 2 aromatic rings. The van der Waals surface area contributed by atoms with Gasteiger partial charge in [-0.2, -0.15) is 5.10 Å². The van der Waals surface area contributed by atoms with Gasteiger partial charge in [0.1, 0.15) is 6.33 Å². The molecule has 0 saturated carbocycles. The average molecular weight is 246 g/mol. The van der Waals surface area contributed by atoms with Gasteiger partial charge in [-0.25, -0.2) is 4.98 Å². The van der Waals surface area contributed by atoms with Crippen LogP contribution in [0.1, 0.15) is 6.42 Å². The van der Waals surface area contributed by atoms with Gasteiger partial charge in [0.05, 0.1) is 20.1 Å². The fraction of sp³-hybridized carbons (Fsp3) is 0.250. The van der Waals surface area contributed by atoms with Crippen LogP contribution in [0.15, 0.2) is 30.6 Å². The minimum Gasteiger partial charge on any atom is -0.469 e. The van der Waals surface area contributed by atoms with Crippen LogP contribution in [0.5, 0.6) is 0 Å². The number of nitrogens with zero attached hydrogens (tertiary/aromatic N) is 3. The second-order valence-electron chi connectivity index (χ2n) is 3.78. The van der Waals surface area contributed by atoms with Crippen LogP contribution < -0.4 is 5.73 Å². The molecule has 0 unspecified atom stereocenters. The average Bonchev–Trinajstić information content (AvgIpc) is 2.84. The van der Waals surface area contributed by atoms with Crippen LogP contribution >= 0.6 is 0 Å². The number of rotatable bonds is 4. The molecule has 6 heteroatoms. The van der Waals surface area contributed by atoms with E-state index >= 15 is 0 Å². The van der Waals surface area contributed by atoms with E-state index < -0.39 is 0 Å². The molecule has 0 spiro atoms. The molecule has 6 nitrogen and oxygen atoms in total. The largest absolute Gasteiger partial charge is 0.469 e. The summed E-state index contributed by atoms with van der Waals surface area (Å²) in [5.41, 5.74) is 7.21. The Kier molecular flexibility index (Phi) is 3.57. The summed E-state index contributed by atoms with van der Waals surface area (Å²) in [6, 6.07) is 7.34. The first-order chi connectivity index (χ1) is 8.69. The molecule has 0 saturated heterocycles. The number of carbonyl (C=O) groups excluding carboxylic acids is 1. The Bertz CT molecular complexity index is 551. The molecule has 0 aliphatic carbocycles. The van der Waals surface area contributed by atoms with Crippen molar-refractivity contribution in [3.8, 4) is 11.4 Å². The summed E-state index contributed by atoms with van der Waals surface area (Å²) < 4.78 is 6.17. The predicted molar refractivity (Wildman–Crippen MR) is 66.5 cm³/mol. The Morgan fingerprint density at radius 2 is 2.33 bits per heavy atom. The number of ether oxygens (including phenoxy) is 1. The van der Waals surface area contributed by atoms with E-state index in [-0.39, 0.29) is 12.4 Å². The van der Waals surface area contributed by atoms with E-state index in [1.165, 1.54) is 7.11 Å².